The van der Waals surface area contributed by atoms with E-state index >= 15 is 0 Å². The van der Waals surface area contributed by atoms with Gasteiger partial charge in [0.25, 0.3) is 0 Å². The largest absolute Gasteiger partial charge is 0.461 e. The molecule has 66 valence electrons. The van der Waals surface area contributed by atoms with E-state index in [9.17, 15) is 4.79 Å². The van der Waals surface area contributed by atoms with E-state index in [2.05, 4.69) is 12.1 Å². The van der Waals surface area contributed by atoms with E-state index in [1.807, 2.05) is 12.1 Å². The third kappa shape index (κ3) is 0.916. The lowest BCUT2D eigenvalue weighted by Crippen LogP contribution is -2.09. The molecule has 1 aromatic carbocycles. The van der Waals surface area contributed by atoms with Crippen molar-refractivity contribution in [2.45, 2.75) is 24.9 Å². The third-order valence-corrected chi connectivity index (χ3v) is 2.99. The van der Waals surface area contributed by atoms with Crippen molar-refractivity contribution < 1.29 is 9.53 Å². The maximum absolute atomic E-state index is 11.0. The summed E-state index contributed by atoms with van der Waals surface area (Å²) in [6.07, 6.45) is 1.61. The highest BCUT2D eigenvalue weighted by atomic mass is 16.5. The fraction of sp³-hybridized carbons (Fsp3) is 0.364. The van der Waals surface area contributed by atoms with E-state index in [1.54, 1.807) is 0 Å². The summed E-state index contributed by atoms with van der Waals surface area (Å²) >= 11 is 0. The molecule has 0 spiro atoms. The minimum absolute atomic E-state index is 0.0375. The Labute approximate surface area is 76.5 Å². The Morgan fingerprint density at radius 2 is 2.08 bits per heavy atom. The van der Waals surface area contributed by atoms with Gasteiger partial charge in [-0.25, -0.2) is 0 Å². The van der Waals surface area contributed by atoms with Gasteiger partial charge in [-0.05, 0) is 11.1 Å². The Bertz CT molecular complexity index is 370. The number of fused-ring (bicyclic) bond motifs is 3. The van der Waals surface area contributed by atoms with Gasteiger partial charge < -0.3 is 4.74 Å². The quantitative estimate of drug-likeness (QED) is 0.559. The number of ether oxygens (including phenoxy) is 1. The summed E-state index contributed by atoms with van der Waals surface area (Å²) in [5, 5.41) is 0. The molecule has 1 heterocycles. The van der Waals surface area contributed by atoms with Crippen molar-refractivity contribution in [3.05, 3.63) is 35.4 Å². The zero-order valence-corrected chi connectivity index (χ0v) is 7.19. The number of esters is 1. The Kier molecular flexibility index (Phi) is 1.29. The van der Waals surface area contributed by atoms with E-state index in [0.717, 1.165) is 6.42 Å². The summed E-state index contributed by atoms with van der Waals surface area (Å²) < 4.78 is 5.23. The molecule has 2 unspecified atom stereocenters. The summed E-state index contributed by atoms with van der Waals surface area (Å²) in [6, 6.07) is 8.31. The summed E-state index contributed by atoms with van der Waals surface area (Å²) in [5.74, 6) is 0.299. The van der Waals surface area contributed by atoms with Gasteiger partial charge in [-0.1, -0.05) is 24.3 Å². The number of hydrogen-bond acceptors (Lipinski definition) is 2. The van der Waals surface area contributed by atoms with Crippen molar-refractivity contribution in [1.29, 1.82) is 0 Å². The molecule has 1 aromatic rings. The Balaban J connectivity index is 2.06. The molecule has 0 bridgehead atoms. The van der Waals surface area contributed by atoms with Crippen LogP contribution in [0.25, 0.3) is 0 Å². The van der Waals surface area contributed by atoms with Crippen molar-refractivity contribution in [3.8, 4) is 0 Å². The van der Waals surface area contributed by atoms with Gasteiger partial charge >= 0.3 is 5.97 Å². The first-order chi connectivity index (χ1) is 6.34. The van der Waals surface area contributed by atoms with E-state index in [0.29, 0.717) is 12.3 Å². The molecule has 2 atom stereocenters. The van der Waals surface area contributed by atoms with Crippen LogP contribution in [0.3, 0.4) is 0 Å². The van der Waals surface area contributed by atoms with Crippen LogP contribution in [0.4, 0.5) is 0 Å². The van der Waals surface area contributed by atoms with Gasteiger partial charge in [-0.15, -0.1) is 0 Å². The molecule has 2 aliphatic rings. The fourth-order valence-corrected chi connectivity index (χ4v) is 2.40. The molecule has 1 aliphatic heterocycles. The van der Waals surface area contributed by atoms with Gasteiger partial charge in [0.05, 0.1) is 6.42 Å². The average molecular weight is 174 g/mol. The second-order valence-corrected chi connectivity index (χ2v) is 3.74. The summed E-state index contributed by atoms with van der Waals surface area (Å²) in [5.41, 5.74) is 2.67. The highest BCUT2D eigenvalue weighted by molar-refractivity contribution is 5.74. The van der Waals surface area contributed by atoms with Crippen LogP contribution in [0.2, 0.25) is 0 Å². The van der Waals surface area contributed by atoms with Crippen LogP contribution in [0, 0.1) is 0 Å². The molecule has 2 heteroatoms. The standard InChI is InChI=1S/C11H10O2/c12-11-6-9-8-4-2-1-3-7(8)5-10(9)13-11/h1-4,9-10H,5-6H2. The van der Waals surface area contributed by atoms with Crippen molar-refractivity contribution in [1.82, 2.24) is 0 Å². The smallest absolute Gasteiger partial charge is 0.306 e. The molecular formula is C11H10O2. The van der Waals surface area contributed by atoms with Gasteiger partial charge in [0, 0.05) is 12.3 Å². The average Bonchev–Trinajstić information content (AvgIpc) is 2.60. The molecule has 0 aromatic heterocycles. The van der Waals surface area contributed by atoms with Crippen LogP contribution < -0.4 is 0 Å². The molecule has 1 fully saturated rings. The lowest BCUT2D eigenvalue weighted by Gasteiger charge is -2.05. The number of hydrogen-bond donors (Lipinski definition) is 0. The third-order valence-electron chi connectivity index (χ3n) is 2.99. The van der Waals surface area contributed by atoms with Gasteiger partial charge in [0.2, 0.25) is 0 Å². The van der Waals surface area contributed by atoms with Crippen LogP contribution in [-0.4, -0.2) is 12.1 Å². The van der Waals surface area contributed by atoms with Crippen LogP contribution in [0.1, 0.15) is 23.5 Å². The topological polar surface area (TPSA) is 26.3 Å². The number of carbonyl (C=O) groups is 1. The monoisotopic (exact) mass is 174 g/mol. The Morgan fingerprint density at radius 3 is 3.00 bits per heavy atom. The minimum atomic E-state index is -0.0375. The molecule has 2 nitrogen and oxygen atoms in total. The SMILES string of the molecule is O=C1CC2c3ccccc3CC2O1. The normalized spacial score (nSPS) is 29.7. The zero-order valence-electron chi connectivity index (χ0n) is 7.19. The highest BCUT2D eigenvalue weighted by Crippen LogP contribution is 2.41. The molecule has 3 rings (SSSR count). The van der Waals surface area contributed by atoms with E-state index < -0.39 is 0 Å². The molecular weight excluding hydrogens is 164 g/mol. The summed E-state index contributed by atoms with van der Waals surface area (Å²) in [7, 11) is 0. The summed E-state index contributed by atoms with van der Waals surface area (Å²) in [6.45, 7) is 0. The molecule has 0 amide bonds. The number of benzene rings is 1. The van der Waals surface area contributed by atoms with Crippen molar-refractivity contribution in [2.75, 3.05) is 0 Å². The van der Waals surface area contributed by atoms with E-state index in [-0.39, 0.29) is 12.1 Å². The van der Waals surface area contributed by atoms with Crippen LogP contribution in [0.15, 0.2) is 24.3 Å². The molecule has 13 heavy (non-hydrogen) atoms. The van der Waals surface area contributed by atoms with Crippen LogP contribution in [0.5, 0.6) is 0 Å². The highest BCUT2D eigenvalue weighted by Gasteiger charge is 2.41. The Morgan fingerprint density at radius 1 is 1.23 bits per heavy atom. The van der Waals surface area contributed by atoms with Gasteiger partial charge in [0.15, 0.2) is 0 Å². The molecule has 1 saturated heterocycles. The first kappa shape index (κ1) is 7.13. The molecule has 1 aliphatic carbocycles. The minimum Gasteiger partial charge on any atom is -0.461 e. The second-order valence-electron chi connectivity index (χ2n) is 3.74. The first-order valence-corrected chi connectivity index (χ1v) is 4.62. The zero-order chi connectivity index (χ0) is 8.84. The molecule has 0 saturated carbocycles. The second kappa shape index (κ2) is 2.34. The lowest BCUT2D eigenvalue weighted by atomic mass is 9.99. The molecule has 0 N–H and O–H groups in total. The van der Waals surface area contributed by atoms with Crippen molar-refractivity contribution in [2.24, 2.45) is 0 Å². The predicted molar refractivity (Wildman–Crippen MR) is 47.4 cm³/mol. The van der Waals surface area contributed by atoms with E-state index in [4.69, 9.17) is 4.74 Å². The van der Waals surface area contributed by atoms with Crippen LogP contribution >= 0.6 is 0 Å². The van der Waals surface area contributed by atoms with Crippen molar-refractivity contribution >= 4 is 5.97 Å². The molecule has 0 radical (unpaired) electrons. The number of carbonyl (C=O) groups excluding carboxylic acids is 1. The van der Waals surface area contributed by atoms with Gasteiger partial charge in [-0.3, -0.25) is 4.79 Å². The predicted octanol–water partition coefficient (Wildman–Crippen LogP) is 1.64. The maximum atomic E-state index is 11.0. The van der Waals surface area contributed by atoms with Crippen LogP contribution in [-0.2, 0) is 16.0 Å². The first-order valence-electron chi connectivity index (χ1n) is 4.62. The Hall–Kier alpha value is -1.31. The maximum Gasteiger partial charge on any atom is 0.306 e. The lowest BCUT2D eigenvalue weighted by molar-refractivity contribution is -0.141. The van der Waals surface area contributed by atoms with Crippen molar-refractivity contribution in [3.63, 3.8) is 0 Å². The van der Waals surface area contributed by atoms with E-state index in [1.165, 1.54) is 11.1 Å². The fourth-order valence-electron chi connectivity index (χ4n) is 2.40. The number of rotatable bonds is 0. The summed E-state index contributed by atoms with van der Waals surface area (Å²) in [4.78, 5) is 11.0. The van der Waals surface area contributed by atoms with Gasteiger partial charge in [-0.2, -0.15) is 0 Å². The van der Waals surface area contributed by atoms with Gasteiger partial charge in [0.1, 0.15) is 6.10 Å².